The minimum absolute atomic E-state index is 0.0861. The zero-order chi connectivity index (χ0) is 27.2. The highest BCUT2D eigenvalue weighted by molar-refractivity contribution is 7.92. The molecule has 37 heavy (non-hydrogen) atoms. The lowest BCUT2D eigenvalue weighted by Gasteiger charge is -2.33. The standard InChI is InChI=1S/C27H29Cl2N3O4S/c1-19-9-11-21(12-10-19)17-31(25(27(34)30-2)15-20-7-5-4-6-8-20)26(33)18-32(37(3,35)36)24-14-13-22(28)16-23(24)29/h4-14,16,25H,15,17-18H2,1-3H3,(H,30,34)/t25-/m0/s1. The van der Waals surface area contributed by atoms with Gasteiger partial charge in [0.05, 0.1) is 17.0 Å². The molecule has 3 aromatic carbocycles. The zero-order valence-corrected chi connectivity index (χ0v) is 23.1. The summed E-state index contributed by atoms with van der Waals surface area (Å²) < 4.78 is 26.4. The van der Waals surface area contributed by atoms with Crippen LogP contribution in [-0.4, -0.2) is 51.0 Å². The van der Waals surface area contributed by atoms with Gasteiger partial charge in [-0.1, -0.05) is 83.4 Å². The molecule has 0 saturated carbocycles. The molecular weight excluding hydrogens is 533 g/mol. The van der Waals surface area contributed by atoms with E-state index in [1.807, 2.05) is 61.5 Å². The average molecular weight is 563 g/mol. The summed E-state index contributed by atoms with van der Waals surface area (Å²) in [5.41, 5.74) is 2.83. The number of amides is 2. The summed E-state index contributed by atoms with van der Waals surface area (Å²) in [6.07, 6.45) is 1.24. The summed E-state index contributed by atoms with van der Waals surface area (Å²) in [7, 11) is -2.41. The van der Waals surface area contributed by atoms with Crippen molar-refractivity contribution in [3.63, 3.8) is 0 Å². The van der Waals surface area contributed by atoms with Gasteiger partial charge in [0.1, 0.15) is 12.6 Å². The number of rotatable bonds is 10. The Labute approximate surface area is 228 Å². The zero-order valence-electron chi connectivity index (χ0n) is 20.8. The molecule has 0 radical (unpaired) electrons. The van der Waals surface area contributed by atoms with Crippen molar-refractivity contribution in [3.05, 3.63) is 99.5 Å². The molecule has 0 unspecified atom stereocenters. The second-order valence-electron chi connectivity index (χ2n) is 8.69. The molecule has 0 fully saturated rings. The smallest absolute Gasteiger partial charge is 0.244 e. The Morgan fingerprint density at radius 1 is 0.946 bits per heavy atom. The lowest BCUT2D eigenvalue weighted by Crippen LogP contribution is -2.52. The Morgan fingerprint density at radius 2 is 1.59 bits per heavy atom. The van der Waals surface area contributed by atoms with Gasteiger partial charge >= 0.3 is 0 Å². The first kappa shape index (κ1) is 28.5. The van der Waals surface area contributed by atoms with Crippen LogP contribution < -0.4 is 9.62 Å². The maximum atomic E-state index is 13.8. The number of benzene rings is 3. The number of hydrogen-bond donors (Lipinski definition) is 1. The van der Waals surface area contributed by atoms with Gasteiger partial charge in [-0.2, -0.15) is 0 Å². The Kier molecular flexibility index (Phi) is 9.59. The van der Waals surface area contributed by atoms with E-state index in [1.54, 1.807) is 0 Å². The summed E-state index contributed by atoms with van der Waals surface area (Å²) in [5.74, 6) is -0.915. The van der Waals surface area contributed by atoms with Crippen molar-refractivity contribution in [1.29, 1.82) is 0 Å². The van der Waals surface area contributed by atoms with Gasteiger partial charge in [-0.25, -0.2) is 8.42 Å². The lowest BCUT2D eigenvalue weighted by atomic mass is 10.0. The molecule has 0 aliphatic heterocycles. The molecule has 0 aromatic heterocycles. The van der Waals surface area contributed by atoms with Crippen molar-refractivity contribution >= 4 is 50.7 Å². The fourth-order valence-corrected chi connectivity index (χ4v) is 5.31. The molecule has 3 aromatic rings. The number of aryl methyl sites for hydroxylation is 1. The van der Waals surface area contributed by atoms with Crippen molar-refractivity contribution in [2.75, 3.05) is 24.2 Å². The predicted octanol–water partition coefficient (Wildman–Crippen LogP) is 4.45. The number of nitrogens with zero attached hydrogens (tertiary/aromatic N) is 2. The first-order chi connectivity index (χ1) is 17.5. The maximum Gasteiger partial charge on any atom is 0.244 e. The topological polar surface area (TPSA) is 86.8 Å². The molecule has 0 heterocycles. The number of likely N-dealkylation sites (N-methyl/N-ethyl adjacent to an activating group) is 1. The van der Waals surface area contributed by atoms with Gasteiger partial charge in [0, 0.05) is 25.0 Å². The molecule has 0 aliphatic carbocycles. The molecule has 1 N–H and O–H groups in total. The molecule has 7 nitrogen and oxygen atoms in total. The van der Waals surface area contributed by atoms with Crippen LogP contribution in [0.1, 0.15) is 16.7 Å². The molecule has 196 valence electrons. The highest BCUT2D eigenvalue weighted by Gasteiger charge is 2.33. The Morgan fingerprint density at radius 3 is 2.16 bits per heavy atom. The molecule has 10 heteroatoms. The highest BCUT2D eigenvalue weighted by Crippen LogP contribution is 2.30. The van der Waals surface area contributed by atoms with Crippen LogP contribution in [0, 0.1) is 6.92 Å². The molecule has 3 rings (SSSR count). The van der Waals surface area contributed by atoms with Crippen molar-refractivity contribution < 1.29 is 18.0 Å². The van der Waals surface area contributed by atoms with Crippen LogP contribution >= 0.6 is 23.2 Å². The van der Waals surface area contributed by atoms with Gasteiger partial charge in [0.15, 0.2) is 0 Å². The van der Waals surface area contributed by atoms with Gasteiger partial charge in [0.2, 0.25) is 21.8 Å². The number of nitrogens with one attached hydrogen (secondary N) is 1. The number of halogens is 2. The van der Waals surface area contributed by atoms with Gasteiger partial charge in [0.25, 0.3) is 0 Å². The molecule has 1 atom stereocenters. The van der Waals surface area contributed by atoms with Crippen molar-refractivity contribution in [3.8, 4) is 0 Å². The third kappa shape index (κ3) is 7.71. The van der Waals surface area contributed by atoms with Crippen molar-refractivity contribution in [2.24, 2.45) is 0 Å². The molecule has 0 spiro atoms. The van der Waals surface area contributed by atoms with E-state index in [2.05, 4.69) is 5.32 Å². The molecular formula is C27H29Cl2N3O4S. The number of carbonyl (C=O) groups is 2. The van der Waals surface area contributed by atoms with Crippen LogP contribution in [-0.2, 0) is 32.6 Å². The van der Waals surface area contributed by atoms with Crippen molar-refractivity contribution in [1.82, 2.24) is 10.2 Å². The second kappa shape index (κ2) is 12.4. The average Bonchev–Trinajstić information content (AvgIpc) is 2.85. The lowest BCUT2D eigenvalue weighted by molar-refractivity contribution is -0.139. The quantitative estimate of drug-likeness (QED) is 0.396. The highest BCUT2D eigenvalue weighted by atomic mass is 35.5. The van der Waals surface area contributed by atoms with Crippen LogP contribution in [0.2, 0.25) is 10.0 Å². The third-order valence-electron chi connectivity index (χ3n) is 5.85. The Balaban J connectivity index is 2.04. The van der Waals surface area contributed by atoms with Gasteiger partial charge < -0.3 is 10.2 Å². The number of carbonyl (C=O) groups excluding carboxylic acids is 2. The van der Waals surface area contributed by atoms with Crippen LogP contribution in [0.4, 0.5) is 5.69 Å². The molecule has 2 amide bonds. The van der Waals surface area contributed by atoms with E-state index in [9.17, 15) is 18.0 Å². The summed E-state index contributed by atoms with van der Waals surface area (Å²) in [4.78, 5) is 28.3. The van der Waals surface area contributed by atoms with Gasteiger partial charge in [-0.05, 0) is 36.2 Å². The monoisotopic (exact) mass is 561 g/mol. The molecule has 0 saturated heterocycles. The second-order valence-corrected chi connectivity index (χ2v) is 11.4. The molecule has 0 aliphatic rings. The van der Waals surface area contributed by atoms with Crippen LogP contribution in [0.5, 0.6) is 0 Å². The summed E-state index contributed by atoms with van der Waals surface area (Å²) in [6, 6.07) is 20.4. The predicted molar refractivity (Wildman–Crippen MR) is 148 cm³/mol. The van der Waals surface area contributed by atoms with Gasteiger partial charge in [-0.15, -0.1) is 0 Å². The van der Waals surface area contributed by atoms with E-state index in [0.29, 0.717) is 5.02 Å². The van der Waals surface area contributed by atoms with E-state index in [1.165, 1.54) is 30.1 Å². The van der Waals surface area contributed by atoms with Crippen LogP contribution in [0.25, 0.3) is 0 Å². The maximum absolute atomic E-state index is 13.8. The SMILES string of the molecule is CNC(=O)[C@H](Cc1ccccc1)N(Cc1ccc(C)cc1)C(=O)CN(c1ccc(Cl)cc1Cl)S(C)(=O)=O. The Hall–Kier alpha value is -3.07. The first-order valence-electron chi connectivity index (χ1n) is 11.5. The van der Waals surface area contributed by atoms with E-state index in [-0.39, 0.29) is 29.6 Å². The van der Waals surface area contributed by atoms with E-state index < -0.39 is 28.5 Å². The fourth-order valence-electron chi connectivity index (χ4n) is 3.89. The first-order valence-corrected chi connectivity index (χ1v) is 14.1. The normalized spacial score (nSPS) is 12.0. The Bertz CT molecular complexity index is 1350. The van der Waals surface area contributed by atoms with E-state index in [4.69, 9.17) is 23.2 Å². The van der Waals surface area contributed by atoms with E-state index in [0.717, 1.165) is 27.3 Å². The summed E-state index contributed by atoms with van der Waals surface area (Å²) in [5, 5.41) is 3.06. The number of hydrogen-bond acceptors (Lipinski definition) is 4. The number of sulfonamides is 1. The van der Waals surface area contributed by atoms with Crippen molar-refractivity contribution in [2.45, 2.75) is 25.9 Å². The van der Waals surface area contributed by atoms with Crippen LogP contribution in [0.3, 0.4) is 0 Å². The fraction of sp³-hybridized carbons (Fsp3) is 0.259. The van der Waals surface area contributed by atoms with E-state index >= 15 is 0 Å². The number of anilines is 1. The molecule has 0 bridgehead atoms. The van der Waals surface area contributed by atoms with Gasteiger partial charge in [-0.3, -0.25) is 13.9 Å². The summed E-state index contributed by atoms with van der Waals surface area (Å²) in [6.45, 7) is 1.51. The summed E-state index contributed by atoms with van der Waals surface area (Å²) >= 11 is 12.3. The third-order valence-corrected chi connectivity index (χ3v) is 7.51. The minimum Gasteiger partial charge on any atom is -0.357 e. The van der Waals surface area contributed by atoms with Crippen LogP contribution in [0.15, 0.2) is 72.8 Å². The minimum atomic E-state index is -3.91. The largest absolute Gasteiger partial charge is 0.357 e.